The van der Waals surface area contributed by atoms with Crippen LogP contribution in [-0.2, 0) is 23.9 Å². The van der Waals surface area contributed by atoms with Crippen molar-refractivity contribution in [2.24, 2.45) is 10.7 Å². The molecule has 3 rings (SSSR count). The van der Waals surface area contributed by atoms with Crippen molar-refractivity contribution in [2.45, 2.75) is 38.0 Å². The Bertz CT molecular complexity index is 1310. The fraction of sp³-hybridized carbons (Fsp3) is 0.414. The number of ketones is 1. The van der Waals surface area contributed by atoms with Crippen LogP contribution in [0.1, 0.15) is 31.4 Å². The van der Waals surface area contributed by atoms with E-state index in [-0.39, 0.29) is 17.9 Å². The average molecular weight is 632 g/mol. The van der Waals surface area contributed by atoms with Crippen molar-refractivity contribution in [2.75, 3.05) is 42.7 Å². The first-order chi connectivity index (χ1) is 20.2. The van der Waals surface area contributed by atoms with E-state index in [9.17, 15) is 19.2 Å². The zero-order valence-corrected chi connectivity index (χ0v) is 26.8. The normalized spacial score (nSPS) is 16.9. The summed E-state index contributed by atoms with van der Waals surface area (Å²) in [5.74, 6) is -1.21. The van der Waals surface area contributed by atoms with E-state index in [0.717, 1.165) is 15.8 Å². The lowest BCUT2D eigenvalue weighted by Gasteiger charge is -2.46. The summed E-state index contributed by atoms with van der Waals surface area (Å²) < 4.78 is 5.17. The number of para-hydroxylation sites is 1. The van der Waals surface area contributed by atoms with Gasteiger partial charge in [-0.25, -0.2) is 14.8 Å². The van der Waals surface area contributed by atoms with Crippen molar-refractivity contribution in [3.05, 3.63) is 65.7 Å². The molecule has 2 amide bonds. The Morgan fingerprint density at radius 2 is 1.81 bits per heavy atom. The summed E-state index contributed by atoms with van der Waals surface area (Å²) in [7, 11) is 5.74. The number of methoxy groups -OCH3 is 1. The molecule has 2 unspecified atom stereocenters. The van der Waals surface area contributed by atoms with Gasteiger partial charge in [0.1, 0.15) is 0 Å². The number of benzene rings is 2. The van der Waals surface area contributed by atoms with Crippen LogP contribution in [0, 0.1) is 0 Å². The van der Waals surface area contributed by atoms with Crippen molar-refractivity contribution in [3.8, 4) is 0 Å². The van der Waals surface area contributed by atoms with E-state index in [0.29, 0.717) is 22.6 Å². The Morgan fingerprint density at radius 1 is 1.14 bits per heavy atom. The number of carbonyl (C=O) groups excluding carboxylic acids is 4. The standard InChI is InChI=1S/C29H37N5O5S3/c1-6-41-42-18-22(30)26(36)25-27(37)33(34(19(2)35)29(31-3,16-17-40-5)28(38)39-4)23-15-11-10-14-21(23)24(32-25)20-12-8-7-9-13-20/h7-15,22,25,31H,6,16-18,30H2,1-5H3/t22?,25?,29-/m0/s1. The van der Waals surface area contributed by atoms with Crippen LogP contribution in [-0.4, -0.2) is 89.7 Å². The number of ether oxygens (including phenoxy) is 1. The highest BCUT2D eigenvalue weighted by molar-refractivity contribution is 8.76. The largest absolute Gasteiger partial charge is 0.466 e. The Hall–Kier alpha value is -2.84. The minimum atomic E-state index is -1.77. The van der Waals surface area contributed by atoms with E-state index in [4.69, 9.17) is 15.5 Å². The summed E-state index contributed by atoms with van der Waals surface area (Å²) in [6.45, 7) is 3.25. The molecule has 0 bridgehead atoms. The second kappa shape index (κ2) is 15.6. The molecule has 3 N–H and O–H groups in total. The number of hydrogen-bond acceptors (Lipinski definition) is 11. The van der Waals surface area contributed by atoms with Gasteiger partial charge in [-0.3, -0.25) is 24.7 Å². The summed E-state index contributed by atoms with van der Waals surface area (Å²) in [4.78, 5) is 60.3. The lowest BCUT2D eigenvalue weighted by molar-refractivity contribution is -0.166. The van der Waals surface area contributed by atoms with Gasteiger partial charge in [0.15, 0.2) is 11.8 Å². The predicted octanol–water partition coefficient (Wildman–Crippen LogP) is 3.14. The summed E-state index contributed by atoms with van der Waals surface area (Å²) in [5.41, 5.74) is 6.41. The highest BCUT2D eigenvalue weighted by Crippen LogP contribution is 2.35. The first-order valence-electron chi connectivity index (χ1n) is 13.4. The third-order valence-corrected chi connectivity index (χ3v) is 9.81. The third kappa shape index (κ3) is 7.03. The summed E-state index contributed by atoms with van der Waals surface area (Å²) in [6.07, 6.45) is 1.98. The van der Waals surface area contributed by atoms with Gasteiger partial charge in [-0.15, -0.1) is 0 Å². The van der Waals surface area contributed by atoms with Gasteiger partial charge in [-0.1, -0.05) is 77.0 Å². The molecule has 226 valence electrons. The number of amides is 2. The fourth-order valence-electron chi connectivity index (χ4n) is 4.68. The van der Waals surface area contributed by atoms with E-state index in [1.54, 1.807) is 35.1 Å². The molecule has 2 aromatic rings. The molecule has 0 aromatic heterocycles. The Labute approximate surface area is 258 Å². The number of Topliss-reactive ketones (excluding diaryl/α,β-unsaturated/α-hetero) is 1. The number of nitrogens with zero attached hydrogens (tertiary/aromatic N) is 3. The second-order valence-electron chi connectivity index (χ2n) is 9.29. The summed E-state index contributed by atoms with van der Waals surface area (Å²) in [5, 5.41) is 5.13. The van der Waals surface area contributed by atoms with Crippen molar-refractivity contribution >= 4 is 68.3 Å². The highest BCUT2D eigenvalue weighted by atomic mass is 33.1. The maximum atomic E-state index is 14.6. The zero-order chi connectivity index (χ0) is 30.9. The van der Waals surface area contributed by atoms with Crippen molar-refractivity contribution in [1.82, 2.24) is 10.3 Å². The molecular formula is C29H37N5O5S3. The second-order valence-corrected chi connectivity index (χ2v) is 13.1. The van der Waals surface area contributed by atoms with E-state index < -0.39 is 41.3 Å². The van der Waals surface area contributed by atoms with Crippen molar-refractivity contribution in [3.63, 3.8) is 0 Å². The molecule has 1 aliphatic rings. The van der Waals surface area contributed by atoms with Crippen molar-refractivity contribution in [1.29, 1.82) is 0 Å². The van der Waals surface area contributed by atoms with Crippen LogP contribution in [0.15, 0.2) is 59.6 Å². The molecule has 1 aliphatic heterocycles. The lowest BCUT2D eigenvalue weighted by atomic mass is 10.00. The minimum Gasteiger partial charge on any atom is -0.466 e. The molecule has 0 spiro atoms. The van der Waals surface area contributed by atoms with E-state index in [1.807, 2.05) is 43.5 Å². The van der Waals surface area contributed by atoms with Gasteiger partial charge in [0.05, 0.1) is 24.6 Å². The monoisotopic (exact) mass is 631 g/mol. The molecule has 1 heterocycles. The number of aliphatic imine (C=N–C) groups is 1. The Balaban J connectivity index is 2.33. The van der Waals surface area contributed by atoms with Crippen molar-refractivity contribution < 1.29 is 23.9 Å². The summed E-state index contributed by atoms with van der Waals surface area (Å²) >= 11 is 1.47. The number of fused-ring (bicyclic) bond motifs is 1. The van der Waals surface area contributed by atoms with E-state index >= 15 is 0 Å². The molecule has 3 atom stereocenters. The number of thioether (sulfide) groups is 1. The number of rotatable bonds is 14. The van der Waals surface area contributed by atoms with Crippen LogP contribution in [0.5, 0.6) is 0 Å². The molecule has 0 aliphatic carbocycles. The van der Waals surface area contributed by atoms with Gasteiger partial charge in [-0.2, -0.15) is 11.8 Å². The van der Waals surface area contributed by atoms with Crippen LogP contribution < -0.4 is 16.1 Å². The zero-order valence-electron chi connectivity index (χ0n) is 24.4. The van der Waals surface area contributed by atoms with Crippen LogP contribution in [0.4, 0.5) is 5.69 Å². The molecule has 2 aromatic carbocycles. The SMILES string of the molecule is CCSSCC(N)C(=O)C1N=C(c2ccccc2)c2ccccc2N(N(C(C)=O)[C@](CCSC)(NC)C(=O)OC)C1=O. The topological polar surface area (TPSA) is 134 Å². The van der Waals surface area contributed by atoms with Gasteiger partial charge in [0, 0.05) is 36.0 Å². The third-order valence-electron chi connectivity index (χ3n) is 6.68. The lowest BCUT2D eigenvalue weighted by Crippen LogP contribution is -2.72. The molecule has 0 radical (unpaired) electrons. The highest BCUT2D eigenvalue weighted by Gasteiger charge is 2.52. The molecule has 0 fully saturated rings. The van der Waals surface area contributed by atoms with Gasteiger partial charge in [0.2, 0.25) is 11.6 Å². The average Bonchev–Trinajstić information content (AvgIpc) is 3.13. The number of carbonyl (C=O) groups is 4. The molecule has 13 heteroatoms. The minimum absolute atomic E-state index is 0.109. The van der Waals surface area contributed by atoms with Gasteiger partial charge in [-0.05, 0) is 25.1 Å². The predicted molar refractivity (Wildman–Crippen MR) is 173 cm³/mol. The number of nitrogens with one attached hydrogen (secondary N) is 1. The molecular weight excluding hydrogens is 595 g/mol. The maximum absolute atomic E-state index is 14.6. The molecule has 42 heavy (non-hydrogen) atoms. The summed E-state index contributed by atoms with van der Waals surface area (Å²) in [6, 6.07) is 13.5. The quantitative estimate of drug-likeness (QED) is 0.105. The van der Waals surface area contributed by atoms with Crippen LogP contribution in [0.3, 0.4) is 0 Å². The molecule has 10 nitrogen and oxygen atoms in total. The van der Waals surface area contributed by atoms with Crippen LogP contribution in [0.25, 0.3) is 0 Å². The molecule has 0 saturated carbocycles. The van der Waals surface area contributed by atoms with Crippen LogP contribution in [0.2, 0.25) is 0 Å². The Morgan fingerprint density at radius 3 is 2.40 bits per heavy atom. The molecule has 0 saturated heterocycles. The smallest absolute Gasteiger partial charge is 0.348 e. The number of nitrogens with two attached hydrogens (primary N) is 1. The Kier molecular flexibility index (Phi) is 12.5. The number of anilines is 1. The number of hydrazine groups is 1. The van der Waals surface area contributed by atoms with E-state index in [1.165, 1.54) is 43.6 Å². The first kappa shape index (κ1) is 33.7. The number of likely N-dealkylation sites (N-methyl/N-ethyl adjacent to an activating group) is 1. The van der Waals surface area contributed by atoms with E-state index in [2.05, 4.69) is 5.32 Å². The first-order valence-corrected chi connectivity index (χ1v) is 17.2. The maximum Gasteiger partial charge on any atom is 0.348 e. The number of esters is 1. The van der Waals surface area contributed by atoms with Crippen LogP contribution >= 0.6 is 33.3 Å². The van der Waals surface area contributed by atoms with Gasteiger partial charge in [0.25, 0.3) is 5.91 Å². The fourth-order valence-corrected chi connectivity index (χ4v) is 6.98. The number of benzodiazepines with no additional fused rings is 1. The van der Waals surface area contributed by atoms with Gasteiger partial charge < -0.3 is 10.5 Å². The number of hydrogen-bond donors (Lipinski definition) is 2. The van der Waals surface area contributed by atoms with Gasteiger partial charge >= 0.3 is 5.97 Å².